The Bertz CT molecular complexity index is 1400. The number of hydrogen-bond donors (Lipinski definition) is 1. The Hall–Kier alpha value is -4.14. The van der Waals surface area contributed by atoms with Gasteiger partial charge in [0.05, 0.1) is 32.9 Å². The first-order valence-electron chi connectivity index (χ1n) is 13.6. The number of likely N-dealkylation sites (tertiary alicyclic amines) is 1. The second-order valence-corrected chi connectivity index (χ2v) is 10.1. The molecule has 2 aliphatic heterocycles. The summed E-state index contributed by atoms with van der Waals surface area (Å²) in [6.07, 6.45) is 0.702. The predicted octanol–water partition coefficient (Wildman–Crippen LogP) is 2.33. The van der Waals surface area contributed by atoms with Gasteiger partial charge in [0, 0.05) is 18.5 Å². The van der Waals surface area contributed by atoms with Crippen LogP contribution in [0, 0.1) is 6.92 Å². The lowest BCUT2D eigenvalue weighted by Gasteiger charge is -2.29. The van der Waals surface area contributed by atoms with Gasteiger partial charge in [0.25, 0.3) is 5.91 Å². The molecule has 0 radical (unpaired) electrons. The van der Waals surface area contributed by atoms with Gasteiger partial charge in [-0.25, -0.2) is 0 Å². The number of carbonyl (C=O) groups excluding carboxylic acids is 2. The van der Waals surface area contributed by atoms with E-state index in [0.29, 0.717) is 46.9 Å². The standard InChI is InChI=1S/C32H34N2O6/c1-22-20-25(38-2)12-13-27(22)30(35)28-29(23-8-6-11-26(21-23)40-24-9-4-3-5-10-24)34(32(37)31(28)36)15-7-14-33-16-18-39-19-17-33/h3-6,8-13,20-21,29,35H,7,14-19H2,1-2H3. The summed E-state index contributed by atoms with van der Waals surface area (Å²) < 4.78 is 16.8. The Labute approximate surface area is 234 Å². The van der Waals surface area contributed by atoms with Crippen LogP contribution < -0.4 is 19.5 Å². The largest absolute Gasteiger partial charge is 0.872 e. The van der Waals surface area contributed by atoms with Gasteiger partial charge >= 0.3 is 0 Å². The first-order chi connectivity index (χ1) is 19.5. The lowest BCUT2D eigenvalue weighted by Crippen LogP contribution is -3.14. The molecule has 0 spiro atoms. The summed E-state index contributed by atoms with van der Waals surface area (Å²) in [6, 6.07) is 20.9. The van der Waals surface area contributed by atoms with Crippen molar-refractivity contribution < 1.29 is 33.8 Å². The van der Waals surface area contributed by atoms with Gasteiger partial charge in [-0.3, -0.25) is 9.59 Å². The summed E-state index contributed by atoms with van der Waals surface area (Å²) in [7, 11) is 1.56. The number of nitrogens with zero attached hydrogens (tertiary/aromatic N) is 1. The normalized spacial score (nSPS) is 19.1. The van der Waals surface area contributed by atoms with Crippen LogP contribution in [0.25, 0.3) is 5.76 Å². The topological polar surface area (TPSA) is 92.6 Å². The van der Waals surface area contributed by atoms with E-state index in [-0.39, 0.29) is 5.57 Å². The fourth-order valence-corrected chi connectivity index (χ4v) is 5.39. The van der Waals surface area contributed by atoms with Gasteiger partial charge in [0.1, 0.15) is 30.3 Å². The van der Waals surface area contributed by atoms with E-state index >= 15 is 0 Å². The van der Waals surface area contributed by atoms with Crippen molar-refractivity contribution in [3.63, 3.8) is 0 Å². The molecule has 0 saturated carbocycles. The van der Waals surface area contributed by atoms with Crippen molar-refractivity contribution in [1.29, 1.82) is 0 Å². The third kappa shape index (κ3) is 5.88. The molecule has 1 amide bonds. The van der Waals surface area contributed by atoms with Crippen molar-refractivity contribution >= 4 is 17.4 Å². The van der Waals surface area contributed by atoms with Gasteiger partial charge < -0.3 is 29.1 Å². The van der Waals surface area contributed by atoms with Crippen molar-refractivity contribution in [1.82, 2.24) is 4.90 Å². The van der Waals surface area contributed by atoms with Crippen LogP contribution in [0.15, 0.2) is 78.4 Å². The van der Waals surface area contributed by atoms with E-state index in [1.165, 1.54) is 4.90 Å². The number of morpholine rings is 1. The van der Waals surface area contributed by atoms with Crippen LogP contribution in [0.1, 0.15) is 29.2 Å². The minimum atomic E-state index is -0.812. The van der Waals surface area contributed by atoms with Crippen molar-refractivity contribution in [3.8, 4) is 17.2 Å². The second kappa shape index (κ2) is 12.4. The smallest absolute Gasteiger partial charge is 0.295 e. The average molecular weight is 543 g/mol. The maximum absolute atomic E-state index is 13.9. The molecule has 8 nitrogen and oxygen atoms in total. The molecule has 40 heavy (non-hydrogen) atoms. The molecule has 5 rings (SSSR count). The Kier molecular flexibility index (Phi) is 8.48. The third-order valence-corrected chi connectivity index (χ3v) is 7.49. The zero-order chi connectivity index (χ0) is 28.1. The number of nitrogens with one attached hydrogen (secondary N) is 1. The van der Waals surface area contributed by atoms with Gasteiger partial charge in [-0.15, -0.1) is 0 Å². The molecule has 2 saturated heterocycles. The zero-order valence-corrected chi connectivity index (χ0v) is 22.9. The molecule has 2 fully saturated rings. The van der Waals surface area contributed by atoms with Gasteiger partial charge in [-0.1, -0.05) is 42.2 Å². The van der Waals surface area contributed by atoms with Crippen molar-refractivity contribution in [2.75, 3.05) is 46.5 Å². The lowest BCUT2D eigenvalue weighted by molar-refractivity contribution is -0.908. The summed E-state index contributed by atoms with van der Waals surface area (Å²) in [4.78, 5) is 29.8. The van der Waals surface area contributed by atoms with E-state index in [1.54, 1.807) is 43.2 Å². The molecule has 0 aliphatic carbocycles. The number of methoxy groups -OCH3 is 1. The number of ether oxygens (including phenoxy) is 3. The van der Waals surface area contributed by atoms with E-state index in [9.17, 15) is 14.7 Å². The molecule has 2 aliphatic rings. The second-order valence-electron chi connectivity index (χ2n) is 10.1. The molecule has 1 atom stereocenters. The SMILES string of the molecule is COc1ccc(C([O-])=C2C(=O)C(=O)N(CCC[NH+]3CCOCC3)C2c2cccc(Oc3ccccc3)c2)c(C)c1. The van der Waals surface area contributed by atoms with Gasteiger partial charge in [-0.2, -0.15) is 0 Å². The highest BCUT2D eigenvalue weighted by Gasteiger charge is 2.44. The fourth-order valence-electron chi connectivity index (χ4n) is 5.39. The van der Waals surface area contributed by atoms with Crippen LogP contribution in [0.4, 0.5) is 0 Å². The molecule has 0 aromatic heterocycles. The van der Waals surface area contributed by atoms with Crippen LogP contribution in [-0.2, 0) is 14.3 Å². The van der Waals surface area contributed by atoms with Crippen molar-refractivity contribution in [3.05, 3.63) is 95.1 Å². The van der Waals surface area contributed by atoms with Gasteiger partial charge in [0.15, 0.2) is 0 Å². The quantitative estimate of drug-likeness (QED) is 0.254. The Balaban J connectivity index is 1.51. The maximum atomic E-state index is 13.9. The number of hydrogen-bond acceptors (Lipinski definition) is 6. The molecule has 8 heteroatoms. The number of carbonyl (C=O) groups is 2. The predicted molar refractivity (Wildman–Crippen MR) is 148 cm³/mol. The first kappa shape index (κ1) is 27.4. The molecular formula is C32H34N2O6. The van der Waals surface area contributed by atoms with Gasteiger partial charge in [0.2, 0.25) is 5.78 Å². The molecule has 1 unspecified atom stereocenters. The minimum absolute atomic E-state index is 0.0335. The summed E-state index contributed by atoms with van der Waals surface area (Å²) in [6.45, 7) is 6.29. The molecule has 208 valence electrons. The minimum Gasteiger partial charge on any atom is -0.872 e. The molecular weight excluding hydrogens is 508 g/mol. The summed E-state index contributed by atoms with van der Waals surface area (Å²) in [5.41, 5.74) is 1.67. The highest BCUT2D eigenvalue weighted by molar-refractivity contribution is 6.46. The Morgan fingerprint density at radius 2 is 1.73 bits per heavy atom. The van der Waals surface area contributed by atoms with E-state index in [0.717, 1.165) is 32.8 Å². The number of rotatable bonds is 9. The van der Waals surface area contributed by atoms with Crippen molar-refractivity contribution in [2.24, 2.45) is 0 Å². The van der Waals surface area contributed by atoms with E-state index in [2.05, 4.69) is 0 Å². The summed E-state index contributed by atoms with van der Waals surface area (Å²) in [5, 5.41) is 13.9. The van der Waals surface area contributed by atoms with Crippen LogP contribution in [0.3, 0.4) is 0 Å². The summed E-state index contributed by atoms with van der Waals surface area (Å²) >= 11 is 0. The lowest BCUT2D eigenvalue weighted by atomic mass is 9.93. The van der Waals surface area contributed by atoms with Crippen LogP contribution in [-0.4, -0.2) is 63.1 Å². The number of para-hydroxylation sites is 1. The van der Waals surface area contributed by atoms with E-state index in [1.807, 2.05) is 48.5 Å². The molecule has 3 aromatic carbocycles. The Morgan fingerprint density at radius 3 is 2.45 bits per heavy atom. The number of amides is 1. The Morgan fingerprint density at radius 1 is 0.975 bits per heavy atom. The van der Waals surface area contributed by atoms with Crippen LogP contribution in [0.5, 0.6) is 17.2 Å². The van der Waals surface area contributed by atoms with Crippen LogP contribution in [0.2, 0.25) is 0 Å². The maximum Gasteiger partial charge on any atom is 0.295 e. The highest BCUT2D eigenvalue weighted by Crippen LogP contribution is 2.40. The third-order valence-electron chi connectivity index (χ3n) is 7.49. The van der Waals surface area contributed by atoms with Gasteiger partial charge in [-0.05, 0) is 60.0 Å². The fraction of sp³-hybridized carbons (Fsp3) is 0.312. The first-order valence-corrected chi connectivity index (χ1v) is 13.6. The van der Waals surface area contributed by atoms with Crippen molar-refractivity contribution in [2.45, 2.75) is 19.4 Å². The molecule has 0 bridgehead atoms. The number of quaternary nitrogens is 1. The number of Topliss-reactive ketones (excluding diaryl/α,β-unsaturated/α-hetero) is 1. The summed E-state index contributed by atoms with van der Waals surface area (Å²) in [5.74, 6) is -0.0101. The number of ketones is 1. The zero-order valence-electron chi connectivity index (χ0n) is 22.9. The average Bonchev–Trinajstić information content (AvgIpc) is 3.23. The monoisotopic (exact) mass is 542 g/mol. The highest BCUT2D eigenvalue weighted by atomic mass is 16.5. The molecule has 3 aromatic rings. The molecule has 2 heterocycles. The van der Waals surface area contributed by atoms with E-state index < -0.39 is 23.5 Å². The number of benzene rings is 3. The van der Waals surface area contributed by atoms with Crippen LogP contribution >= 0.6 is 0 Å². The molecule has 1 N–H and O–H groups in total. The van der Waals surface area contributed by atoms with E-state index in [4.69, 9.17) is 14.2 Å². The number of aryl methyl sites for hydroxylation is 1.